The minimum Gasteiger partial charge on any atom is -0.421 e. The van der Waals surface area contributed by atoms with E-state index in [2.05, 4.69) is 16.0 Å². The van der Waals surface area contributed by atoms with Gasteiger partial charge in [0.1, 0.15) is 5.58 Å². The molecular weight excluding hydrogens is 416 g/mol. The molecule has 0 aliphatic heterocycles. The number of fused-ring (bicyclic) bond motifs is 3. The zero-order chi connectivity index (χ0) is 23.3. The van der Waals surface area contributed by atoms with Gasteiger partial charge in [0.15, 0.2) is 5.52 Å². The second kappa shape index (κ2) is 7.31. The van der Waals surface area contributed by atoms with Crippen molar-refractivity contribution in [2.24, 2.45) is 0 Å². The Morgan fingerprint density at radius 1 is 1.09 bits per heavy atom. The average Bonchev–Trinajstić information content (AvgIpc) is 3.17. The van der Waals surface area contributed by atoms with E-state index in [0.29, 0.717) is 22.2 Å². The van der Waals surface area contributed by atoms with E-state index in [4.69, 9.17) is 4.42 Å². The molecule has 0 spiro atoms. The number of aromatic amines is 1. The number of hydrogen-bond donors (Lipinski definition) is 1. The number of pyridine rings is 1. The van der Waals surface area contributed by atoms with Crippen molar-refractivity contribution in [1.29, 1.82) is 5.26 Å². The SMILES string of the molecule is Cc1cnccc1-c1ccc2oc(=O)c3[nH]c(=O)n(-c4ccc(C(C)(C)C#N)cc4)c3c2c1. The first-order chi connectivity index (χ1) is 15.8. The van der Waals surface area contributed by atoms with Crippen LogP contribution in [0.2, 0.25) is 0 Å². The normalized spacial score (nSPS) is 11.7. The third-order valence-corrected chi connectivity index (χ3v) is 5.99. The van der Waals surface area contributed by atoms with Gasteiger partial charge in [-0.15, -0.1) is 0 Å². The summed E-state index contributed by atoms with van der Waals surface area (Å²) in [5.41, 5.74) is 3.58. The Hall–Kier alpha value is -4.44. The maximum Gasteiger partial charge on any atom is 0.362 e. The average molecular weight is 436 g/mol. The molecule has 0 bridgehead atoms. The highest BCUT2D eigenvalue weighted by molar-refractivity contribution is 6.03. The number of nitrogens with one attached hydrogen (secondary N) is 1. The van der Waals surface area contributed by atoms with E-state index in [-0.39, 0.29) is 5.52 Å². The maximum absolute atomic E-state index is 12.9. The molecule has 0 saturated carbocycles. The van der Waals surface area contributed by atoms with Crippen molar-refractivity contribution in [2.75, 3.05) is 0 Å². The minimum atomic E-state index is -0.658. The van der Waals surface area contributed by atoms with Crippen LogP contribution in [0.15, 0.2) is 74.9 Å². The quantitative estimate of drug-likeness (QED) is 0.416. The van der Waals surface area contributed by atoms with Crippen LogP contribution in [-0.2, 0) is 5.41 Å². The van der Waals surface area contributed by atoms with E-state index in [0.717, 1.165) is 22.3 Å². The topological polar surface area (TPSA) is 105 Å². The van der Waals surface area contributed by atoms with Gasteiger partial charge in [0.2, 0.25) is 0 Å². The predicted molar refractivity (Wildman–Crippen MR) is 127 cm³/mol. The molecule has 3 aromatic heterocycles. The van der Waals surface area contributed by atoms with E-state index >= 15 is 0 Å². The maximum atomic E-state index is 12.9. The van der Waals surface area contributed by atoms with Crippen molar-refractivity contribution < 1.29 is 4.42 Å². The zero-order valence-electron chi connectivity index (χ0n) is 18.3. The number of hydrogen-bond acceptors (Lipinski definition) is 5. The van der Waals surface area contributed by atoms with Crippen LogP contribution in [-0.4, -0.2) is 14.5 Å². The minimum absolute atomic E-state index is 0.109. The fourth-order valence-corrected chi connectivity index (χ4v) is 4.10. The Bertz CT molecular complexity index is 1700. The van der Waals surface area contributed by atoms with Crippen molar-refractivity contribution in [1.82, 2.24) is 14.5 Å². The number of imidazole rings is 1. The Morgan fingerprint density at radius 2 is 1.85 bits per heavy atom. The second-order valence-electron chi connectivity index (χ2n) is 8.56. The number of aryl methyl sites for hydroxylation is 1. The Labute approximate surface area is 188 Å². The summed E-state index contributed by atoms with van der Waals surface area (Å²) in [4.78, 5) is 32.4. The molecule has 7 heteroatoms. The number of H-pyrrole nitrogens is 1. The van der Waals surface area contributed by atoms with Crippen LogP contribution in [0.25, 0.3) is 38.8 Å². The highest BCUT2D eigenvalue weighted by Gasteiger charge is 2.21. The van der Waals surface area contributed by atoms with Crippen LogP contribution < -0.4 is 11.3 Å². The third kappa shape index (κ3) is 3.24. The van der Waals surface area contributed by atoms with Crippen LogP contribution in [0.3, 0.4) is 0 Å². The Balaban J connectivity index is 1.81. The van der Waals surface area contributed by atoms with Gasteiger partial charge in [-0.2, -0.15) is 5.26 Å². The largest absolute Gasteiger partial charge is 0.421 e. The highest BCUT2D eigenvalue weighted by Crippen LogP contribution is 2.30. The summed E-state index contributed by atoms with van der Waals surface area (Å²) >= 11 is 0. The molecule has 0 fully saturated rings. The molecule has 7 nitrogen and oxygen atoms in total. The number of rotatable bonds is 3. The van der Waals surface area contributed by atoms with Gasteiger partial charge in [-0.25, -0.2) is 9.59 Å². The second-order valence-corrected chi connectivity index (χ2v) is 8.56. The lowest BCUT2D eigenvalue weighted by Gasteiger charge is -2.16. The molecule has 2 aromatic carbocycles. The molecular formula is C26H20N4O3. The van der Waals surface area contributed by atoms with Crippen LogP contribution in [0.1, 0.15) is 25.0 Å². The van der Waals surface area contributed by atoms with E-state index in [9.17, 15) is 14.9 Å². The first-order valence-corrected chi connectivity index (χ1v) is 10.4. The molecule has 0 radical (unpaired) electrons. The molecule has 0 aliphatic carbocycles. The zero-order valence-corrected chi connectivity index (χ0v) is 18.3. The molecule has 5 rings (SSSR count). The molecule has 1 N–H and O–H groups in total. The van der Waals surface area contributed by atoms with E-state index in [1.807, 2.05) is 51.1 Å². The standard InChI is InChI=1S/C26H20N4O3/c1-15-13-28-11-10-19(15)16-4-9-21-20(12-16)23-22(24(31)33-21)29-25(32)30(23)18-7-5-17(6-8-18)26(2,3)14-27/h4-13H,1-3H3,(H,29,32). The molecule has 0 atom stereocenters. The van der Waals surface area contributed by atoms with E-state index < -0.39 is 16.7 Å². The molecule has 5 aromatic rings. The first-order valence-electron chi connectivity index (χ1n) is 10.4. The van der Waals surface area contributed by atoms with Gasteiger partial charge < -0.3 is 4.42 Å². The number of nitrogens with zero attached hydrogens (tertiary/aromatic N) is 3. The predicted octanol–water partition coefficient (Wildman–Crippen LogP) is 4.60. The van der Waals surface area contributed by atoms with Gasteiger partial charge in [0.25, 0.3) is 0 Å². The Morgan fingerprint density at radius 3 is 2.55 bits per heavy atom. The molecule has 162 valence electrons. The lowest BCUT2D eigenvalue weighted by molar-refractivity contribution is 0.568. The number of aromatic nitrogens is 3. The molecule has 0 unspecified atom stereocenters. The monoisotopic (exact) mass is 436 g/mol. The van der Waals surface area contributed by atoms with Crippen LogP contribution in [0, 0.1) is 18.3 Å². The summed E-state index contributed by atoms with van der Waals surface area (Å²) in [6.07, 6.45) is 3.51. The summed E-state index contributed by atoms with van der Waals surface area (Å²) in [5, 5.41) is 10.1. The van der Waals surface area contributed by atoms with Crippen LogP contribution >= 0.6 is 0 Å². The lowest BCUT2D eigenvalue weighted by atomic mass is 9.86. The Kier molecular flexibility index (Phi) is 4.53. The number of benzene rings is 2. The summed E-state index contributed by atoms with van der Waals surface area (Å²) in [6, 6.07) is 16.9. The summed E-state index contributed by atoms with van der Waals surface area (Å²) in [7, 11) is 0. The molecule has 0 amide bonds. The van der Waals surface area contributed by atoms with Gasteiger partial charge in [-0.1, -0.05) is 18.2 Å². The van der Waals surface area contributed by atoms with Crippen molar-refractivity contribution in [3.63, 3.8) is 0 Å². The van der Waals surface area contributed by atoms with Crippen molar-refractivity contribution in [3.05, 3.63) is 93.0 Å². The van der Waals surface area contributed by atoms with E-state index in [1.54, 1.807) is 30.6 Å². The van der Waals surface area contributed by atoms with Crippen LogP contribution in [0.4, 0.5) is 0 Å². The fourth-order valence-electron chi connectivity index (χ4n) is 4.10. The molecule has 0 aliphatic rings. The molecule has 33 heavy (non-hydrogen) atoms. The van der Waals surface area contributed by atoms with Crippen molar-refractivity contribution in [2.45, 2.75) is 26.2 Å². The smallest absolute Gasteiger partial charge is 0.362 e. The summed E-state index contributed by atoms with van der Waals surface area (Å²) in [5.74, 6) is 0. The number of nitriles is 1. The van der Waals surface area contributed by atoms with Crippen molar-refractivity contribution in [3.8, 4) is 22.9 Å². The van der Waals surface area contributed by atoms with Gasteiger partial charge in [-0.05, 0) is 73.4 Å². The van der Waals surface area contributed by atoms with Gasteiger partial charge in [-0.3, -0.25) is 14.5 Å². The summed E-state index contributed by atoms with van der Waals surface area (Å²) < 4.78 is 6.96. The van der Waals surface area contributed by atoms with Crippen LogP contribution in [0.5, 0.6) is 0 Å². The van der Waals surface area contributed by atoms with Gasteiger partial charge in [0, 0.05) is 17.8 Å². The molecule has 0 saturated heterocycles. The summed E-state index contributed by atoms with van der Waals surface area (Å²) in [6.45, 7) is 5.64. The third-order valence-electron chi connectivity index (χ3n) is 5.99. The van der Waals surface area contributed by atoms with Gasteiger partial charge in [0.05, 0.1) is 22.7 Å². The highest BCUT2D eigenvalue weighted by atomic mass is 16.4. The molecule has 3 heterocycles. The van der Waals surface area contributed by atoms with Crippen molar-refractivity contribution >= 4 is 22.0 Å². The van der Waals surface area contributed by atoms with Gasteiger partial charge >= 0.3 is 11.3 Å². The fraction of sp³-hybridized carbons (Fsp3) is 0.154. The lowest BCUT2D eigenvalue weighted by Crippen LogP contribution is -2.16. The van der Waals surface area contributed by atoms with E-state index in [1.165, 1.54) is 4.57 Å². The first kappa shape index (κ1) is 20.5.